The number of benzene rings is 1. The van der Waals surface area contributed by atoms with Crippen molar-refractivity contribution in [2.45, 2.75) is 32.2 Å². The van der Waals surface area contributed by atoms with Gasteiger partial charge in [-0.2, -0.15) is 0 Å². The van der Waals surface area contributed by atoms with E-state index >= 15 is 0 Å². The molecule has 0 saturated heterocycles. The number of nitrogens with one attached hydrogen (secondary N) is 1. The molecule has 0 fully saturated rings. The molecule has 1 aromatic rings. The molecular formula is C15H24F2N2. The first-order valence-corrected chi connectivity index (χ1v) is 6.85. The zero-order chi connectivity index (χ0) is 14.3. The molecule has 4 heteroatoms. The van der Waals surface area contributed by atoms with Crippen molar-refractivity contribution in [1.29, 1.82) is 0 Å². The van der Waals surface area contributed by atoms with E-state index in [0.717, 1.165) is 32.0 Å². The Kier molecular flexibility index (Phi) is 6.95. The van der Waals surface area contributed by atoms with Crippen LogP contribution < -0.4 is 5.32 Å². The Labute approximate surface area is 114 Å². The summed E-state index contributed by atoms with van der Waals surface area (Å²) in [5.74, 6) is -0.701. The molecule has 1 unspecified atom stereocenters. The number of nitrogens with zero attached hydrogens (tertiary/aromatic N) is 1. The molecule has 0 aliphatic carbocycles. The fraction of sp³-hybridized carbons (Fsp3) is 0.600. The topological polar surface area (TPSA) is 15.3 Å². The normalized spacial score (nSPS) is 12.9. The van der Waals surface area contributed by atoms with Crippen molar-refractivity contribution >= 4 is 0 Å². The molecule has 0 aliphatic heterocycles. The van der Waals surface area contributed by atoms with Crippen LogP contribution in [0.3, 0.4) is 0 Å². The van der Waals surface area contributed by atoms with E-state index in [1.165, 1.54) is 12.1 Å². The van der Waals surface area contributed by atoms with Crippen molar-refractivity contribution in [2.75, 3.05) is 27.2 Å². The van der Waals surface area contributed by atoms with Crippen LogP contribution >= 0.6 is 0 Å². The first-order valence-electron chi connectivity index (χ1n) is 6.85. The molecule has 1 atom stereocenters. The van der Waals surface area contributed by atoms with E-state index in [-0.39, 0.29) is 17.7 Å². The van der Waals surface area contributed by atoms with Gasteiger partial charge in [0.15, 0.2) is 0 Å². The fourth-order valence-electron chi connectivity index (χ4n) is 2.00. The lowest BCUT2D eigenvalue weighted by Gasteiger charge is -2.21. The molecule has 1 N–H and O–H groups in total. The van der Waals surface area contributed by atoms with Crippen LogP contribution in [0.4, 0.5) is 8.78 Å². The van der Waals surface area contributed by atoms with Gasteiger partial charge in [-0.15, -0.1) is 0 Å². The zero-order valence-electron chi connectivity index (χ0n) is 12.0. The molecule has 0 amide bonds. The maximum absolute atomic E-state index is 13.6. The Morgan fingerprint density at radius 1 is 1.26 bits per heavy atom. The Morgan fingerprint density at radius 2 is 2.00 bits per heavy atom. The van der Waals surface area contributed by atoms with Crippen LogP contribution in [0.2, 0.25) is 0 Å². The molecule has 0 saturated carbocycles. The molecule has 2 nitrogen and oxygen atoms in total. The van der Waals surface area contributed by atoms with E-state index in [9.17, 15) is 8.78 Å². The van der Waals surface area contributed by atoms with Gasteiger partial charge in [0.1, 0.15) is 11.6 Å². The lowest BCUT2D eigenvalue weighted by Crippen LogP contribution is -2.35. The summed E-state index contributed by atoms with van der Waals surface area (Å²) in [6, 6.07) is 3.84. The summed E-state index contributed by atoms with van der Waals surface area (Å²) in [4.78, 5) is 2.10. The summed E-state index contributed by atoms with van der Waals surface area (Å²) in [7, 11) is 4.03. The molecule has 0 spiro atoms. The highest BCUT2D eigenvalue weighted by atomic mass is 19.1. The highest BCUT2D eigenvalue weighted by molar-refractivity contribution is 5.19. The van der Waals surface area contributed by atoms with Crippen LogP contribution in [-0.2, 0) is 6.42 Å². The maximum Gasteiger partial charge on any atom is 0.126 e. The molecule has 19 heavy (non-hydrogen) atoms. The van der Waals surface area contributed by atoms with E-state index in [2.05, 4.69) is 17.1 Å². The van der Waals surface area contributed by atoms with Crippen LogP contribution in [0, 0.1) is 11.6 Å². The first-order chi connectivity index (χ1) is 9.02. The summed E-state index contributed by atoms with van der Waals surface area (Å²) in [6.45, 7) is 3.92. The summed E-state index contributed by atoms with van der Waals surface area (Å²) < 4.78 is 26.8. The Bertz CT molecular complexity index is 380. The summed E-state index contributed by atoms with van der Waals surface area (Å²) >= 11 is 0. The average Bonchev–Trinajstić information content (AvgIpc) is 2.36. The van der Waals surface area contributed by atoms with Crippen LogP contribution in [0.15, 0.2) is 18.2 Å². The largest absolute Gasteiger partial charge is 0.314 e. The molecule has 0 heterocycles. The van der Waals surface area contributed by atoms with Crippen LogP contribution in [-0.4, -0.2) is 38.1 Å². The number of halogens is 2. The van der Waals surface area contributed by atoms with Gasteiger partial charge in [0.25, 0.3) is 0 Å². The Balaban J connectivity index is 2.66. The van der Waals surface area contributed by atoms with E-state index in [0.29, 0.717) is 12.0 Å². The standard InChI is InChI=1S/C15H24F2N2/c1-4-8-18-14(7-9-19(2)3)11-12-10-13(16)5-6-15(12)17/h5-6,10,14,18H,4,7-9,11H2,1-3H3. The van der Waals surface area contributed by atoms with Crippen molar-refractivity contribution in [1.82, 2.24) is 10.2 Å². The third-order valence-corrected chi connectivity index (χ3v) is 3.08. The maximum atomic E-state index is 13.6. The van der Waals surface area contributed by atoms with Gasteiger partial charge in [0.05, 0.1) is 0 Å². The van der Waals surface area contributed by atoms with Crippen LogP contribution in [0.5, 0.6) is 0 Å². The number of rotatable bonds is 8. The predicted molar refractivity (Wildman–Crippen MR) is 75.3 cm³/mol. The van der Waals surface area contributed by atoms with Crippen molar-refractivity contribution in [2.24, 2.45) is 0 Å². The molecule has 1 aromatic carbocycles. The minimum Gasteiger partial charge on any atom is -0.314 e. The second-order valence-corrected chi connectivity index (χ2v) is 5.18. The minimum atomic E-state index is -0.377. The van der Waals surface area contributed by atoms with Gasteiger partial charge < -0.3 is 10.2 Å². The first kappa shape index (κ1) is 16.1. The molecule has 0 aliphatic rings. The lowest BCUT2D eigenvalue weighted by molar-refractivity contribution is 0.354. The predicted octanol–water partition coefficient (Wildman–Crippen LogP) is 2.83. The van der Waals surface area contributed by atoms with Crippen LogP contribution in [0.25, 0.3) is 0 Å². The number of hydrogen-bond acceptors (Lipinski definition) is 2. The second-order valence-electron chi connectivity index (χ2n) is 5.18. The van der Waals surface area contributed by atoms with Crippen molar-refractivity contribution in [3.8, 4) is 0 Å². The molecule has 108 valence electrons. The van der Waals surface area contributed by atoms with Crippen LogP contribution in [0.1, 0.15) is 25.3 Å². The van der Waals surface area contributed by atoms with E-state index in [4.69, 9.17) is 0 Å². The van der Waals surface area contributed by atoms with Gasteiger partial charge in [-0.05, 0) is 70.2 Å². The molecule has 0 aromatic heterocycles. The van der Waals surface area contributed by atoms with Crippen molar-refractivity contribution in [3.63, 3.8) is 0 Å². The smallest absolute Gasteiger partial charge is 0.126 e. The summed E-state index contributed by atoms with van der Waals surface area (Å²) in [6.07, 6.45) is 2.48. The molecule has 0 bridgehead atoms. The molecular weight excluding hydrogens is 246 g/mol. The summed E-state index contributed by atoms with van der Waals surface area (Å²) in [5.41, 5.74) is 0.451. The van der Waals surface area contributed by atoms with Gasteiger partial charge in [0.2, 0.25) is 0 Å². The quantitative estimate of drug-likeness (QED) is 0.781. The molecule has 1 rings (SSSR count). The van der Waals surface area contributed by atoms with Gasteiger partial charge in [0, 0.05) is 6.04 Å². The Morgan fingerprint density at radius 3 is 2.63 bits per heavy atom. The second kappa shape index (κ2) is 8.23. The monoisotopic (exact) mass is 270 g/mol. The van der Waals surface area contributed by atoms with E-state index < -0.39 is 0 Å². The lowest BCUT2D eigenvalue weighted by atomic mass is 10.0. The Hall–Kier alpha value is -1.00. The molecule has 0 radical (unpaired) electrons. The fourth-order valence-corrected chi connectivity index (χ4v) is 2.00. The van der Waals surface area contributed by atoms with Gasteiger partial charge in [-0.1, -0.05) is 6.92 Å². The SMILES string of the molecule is CCCNC(CCN(C)C)Cc1cc(F)ccc1F. The average molecular weight is 270 g/mol. The van der Waals surface area contributed by atoms with Gasteiger partial charge >= 0.3 is 0 Å². The third kappa shape index (κ3) is 6.12. The van der Waals surface area contributed by atoms with Crippen molar-refractivity contribution in [3.05, 3.63) is 35.4 Å². The highest BCUT2D eigenvalue weighted by Gasteiger charge is 2.13. The highest BCUT2D eigenvalue weighted by Crippen LogP contribution is 2.13. The third-order valence-electron chi connectivity index (χ3n) is 3.08. The van der Waals surface area contributed by atoms with Gasteiger partial charge in [-0.3, -0.25) is 0 Å². The summed E-state index contributed by atoms with van der Waals surface area (Å²) in [5, 5.41) is 3.40. The minimum absolute atomic E-state index is 0.179. The zero-order valence-corrected chi connectivity index (χ0v) is 12.0. The van der Waals surface area contributed by atoms with Gasteiger partial charge in [-0.25, -0.2) is 8.78 Å². The van der Waals surface area contributed by atoms with E-state index in [1.807, 2.05) is 14.1 Å². The van der Waals surface area contributed by atoms with E-state index in [1.54, 1.807) is 0 Å². The van der Waals surface area contributed by atoms with Crippen molar-refractivity contribution < 1.29 is 8.78 Å². The number of hydrogen-bond donors (Lipinski definition) is 1.